The van der Waals surface area contributed by atoms with Gasteiger partial charge in [0.05, 0.1) is 0 Å². The van der Waals surface area contributed by atoms with Crippen molar-refractivity contribution in [3.05, 3.63) is 70.5 Å². The van der Waals surface area contributed by atoms with Crippen LogP contribution >= 0.6 is 0 Å². The van der Waals surface area contributed by atoms with Gasteiger partial charge in [-0.2, -0.15) is 8.78 Å². The van der Waals surface area contributed by atoms with Gasteiger partial charge in [-0.15, -0.1) is 0 Å². The molecule has 33 heavy (non-hydrogen) atoms. The fourth-order valence-electron chi connectivity index (χ4n) is 5.00. The molecule has 5 heteroatoms. The van der Waals surface area contributed by atoms with Crippen molar-refractivity contribution in [1.82, 2.24) is 0 Å². The zero-order valence-electron chi connectivity index (χ0n) is 19.5. The van der Waals surface area contributed by atoms with Gasteiger partial charge >= 0.3 is 0 Å². The molecule has 1 saturated carbocycles. The lowest BCUT2D eigenvalue weighted by atomic mass is 9.77. The molecule has 1 fully saturated rings. The van der Waals surface area contributed by atoms with E-state index in [1.807, 2.05) is 0 Å². The van der Waals surface area contributed by atoms with E-state index in [0.717, 1.165) is 24.3 Å². The Morgan fingerprint density at radius 3 is 1.85 bits per heavy atom. The third kappa shape index (κ3) is 7.04. The molecule has 1 aliphatic rings. The monoisotopic (exact) mass is 466 g/mol. The summed E-state index contributed by atoms with van der Waals surface area (Å²) in [5.74, 6) is -7.04. The summed E-state index contributed by atoms with van der Waals surface area (Å²) in [5, 5.41) is 0. The van der Waals surface area contributed by atoms with Gasteiger partial charge in [-0.3, -0.25) is 0 Å². The van der Waals surface area contributed by atoms with Crippen LogP contribution < -0.4 is 0 Å². The van der Waals surface area contributed by atoms with Crippen LogP contribution in [0.4, 0.5) is 22.0 Å². The average Bonchev–Trinajstić information content (AvgIpc) is 2.81. The van der Waals surface area contributed by atoms with Gasteiger partial charge in [-0.05, 0) is 42.4 Å². The van der Waals surface area contributed by atoms with Crippen molar-refractivity contribution in [3.63, 3.8) is 0 Å². The third-order valence-electron chi connectivity index (χ3n) is 7.19. The number of hydrogen-bond donors (Lipinski definition) is 0. The molecule has 1 aliphatic carbocycles. The van der Waals surface area contributed by atoms with E-state index in [1.54, 1.807) is 12.1 Å². The Morgan fingerprint density at radius 1 is 0.727 bits per heavy atom. The van der Waals surface area contributed by atoms with Crippen LogP contribution in [0.3, 0.4) is 0 Å². The quantitative estimate of drug-likeness (QED) is 0.176. The Morgan fingerprint density at radius 2 is 1.27 bits per heavy atom. The number of halogens is 5. The number of hydrogen-bond acceptors (Lipinski definition) is 0. The molecular weight excluding hydrogens is 431 g/mol. The zero-order valence-corrected chi connectivity index (χ0v) is 19.5. The lowest BCUT2D eigenvalue weighted by Crippen LogP contribution is -2.17. The summed E-state index contributed by atoms with van der Waals surface area (Å²) >= 11 is 0. The molecular formula is C28H35F5. The molecule has 0 N–H and O–H groups in total. The molecule has 0 nitrogen and oxygen atoms in total. The zero-order chi connectivity index (χ0) is 23.8. The van der Waals surface area contributed by atoms with E-state index in [9.17, 15) is 22.0 Å². The van der Waals surface area contributed by atoms with E-state index in [0.29, 0.717) is 18.1 Å². The maximum atomic E-state index is 14.7. The largest absolute Gasteiger partial charge is 0.298 e. The summed E-state index contributed by atoms with van der Waals surface area (Å²) in [5.41, 5.74) is -0.283. The van der Waals surface area contributed by atoms with Crippen molar-refractivity contribution in [2.45, 2.75) is 89.9 Å². The van der Waals surface area contributed by atoms with Gasteiger partial charge < -0.3 is 0 Å². The van der Waals surface area contributed by atoms with Gasteiger partial charge in [0.2, 0.25) is 0 Å². The SMILES string of the molecule is CCCCCCCC1CCC(CCc2ccc(C(F)(F)c3cc(F)c(F)c(F)c3)cc2)CC1. The second-order valence-corrected chi connectivity index (χ2v) is 9.65. The fraction of sp³-hybridized carbons (Fsp3) is 0.571. The molecule has 2 aromatic rings. The molecule has 0 aromatic heterocycles. The number of rotatable bonds is 11. The highest BCUT2D eigenvalue weighted by atomic mass is 19.3. The van der Waals surface area contributed by atoms with Crippen molar-refractivity contribution < 1.29 is 22.0 Å². The Balaban J connectivity index is 1.47. The summed E-state index contributed by atoms with van der Waals surface area (Å²) in [6.45, 7) is 2.24. The number of alkyl halides is 2. The summed E-state index contributed by atoms with van der Waals surface area (Å²) in [6.07, 6.45) is 15.0. The summed E-state index contributed by atoms with van der Waals surface area (Å²) in [6, 6.07) is 6.61. The van der Waals surface area contributed by atoms with Crippen LogP contribution in [0.25, 0.3) is 0 Å². The van der Waals surface area contributed by atoms with Crippen LogP contribution in [0.1, 0.15) is 94.2 Å². The lowest BCUT2D eigenvalue weighted by Gasteiger charge is -2.28. The molecule has 2 aromatic carbocycles. The van der Waals surface area contributed by atoms with E-state index in [-0.39, 0.29) is 5.56 Å². The number of unbranched alkanes of at least 4 members (excludes halogenated alkanes) is 4. The molecule has 0 unspecified atom stereocenters. The fourth-order valence-corrected chi connectivity index (χ4v) is 5.00. The van der Waals surface area contributed by atoms with Gasteiger partial charge in [-0.25, -0.2) is 13.2 Å². The second-order valence-electron chi connectivity index (χ2n) is 9.65. The van der Waals surface area contributed by atoms with Crippen LogP contribution in [0, 0.1) is 29.3 Å². The van der Waals surface area contributed by atoms with E-state index in [4.69, 9.17) is 0 Å². The van der Waals surface area contributed by atoms with Crippen LogP contribution in [0.5, 0.6) is 0 Å². The molecule has 0 bridgehead atoms. The Hall–Kier alpha value is -1.91. The van der Waals surface area contributed by atoms with Crippen LogP contribution in [0.2, 0.25) is 0 Å². The van der Waals surface area contributed by atoms with E-state index >= 15 is 0 Å². The first-order chi connectivity index (χ1) is 15.8. The highest BCUT2D eigenvalue weighted by Gasteiger charge is 2.35. The van der Waals surface area contributed by atoms with Gasteiger partial charge in [0.25, 0.3) is 5.92 Å². The topological polar surface area (TPSA) is 0 Å². The van der Waals surface area contributed by atoms with Crippen molar-refractivity contribution in [3.8, 4) is 0 Å². The Bertz CT molecular complexity index is 843. The minimum absolute atomic E-state index is 0.355. The molecule has 182 valence electrons. The highest BCUT2D eigenvalue weighted by Crippen LogP contribution is 2.38. The molecule has 0 atom stereocenters. The maximum absolute atomic E-state index is 14.7. The first kappa shape index (κ1) is 25.7. The van der Waals surface area contributed by atoms with Crippen molar-refractivity contribution in [1.29, 1.82) is 0 Å². The molecule has 0 radical (unpaired) electrons. The third-order valence-corrected chi connectivity index (χ3v) is 7.19. The van der Waals surface area contributed by atoms with E-state index in [2.05, 4.69) is 6.92 Å². The molecule has 0 aliphatic heterocycles. The normalized spacial score (nSPS) is 19.1. The maximum Gasteiger partial charge on any atom is 0.298 e. The van der Waals surface area contributed by atoms with Crippen molar-refractivity contribution in [2.75, 3.05) is 0 Å². The van der Waals surface area contributed by atoms with Crippen molar-refractivity contribution in [2.24, 2.45) is 11.8 Å². The van der Waals surface area contributed by atoms with Gasteiger partial charge in [0.1, 0.15) is 0 Å². The van der Waals surface area contributed by atoms with E-state index < -0.39 is 28.9 Å². The van der Waals surface area contributed by atoms with Crippen molar-refractivity contribution >= 4 is 0 Å². The molecule has 3 rings (SSSR count). The Labute approximate surface area is 194 Å². The minimum Gasteiger partial charge on any atom is -0.204 e. The van der Waals surface area contributed by atoms with Crippen LogP contribution in [-0.4, -0.2) is 0 Å². The molecule has 0 heterocycles. The summed E-state index contributed by atoms with van der Waals surface area (Å²) < 4.78 is 69.4. The molecule has 0 amide bonds. The van der Waals surface area contributed by atoms with E-state index in [1.165, 1.54) is 76.3 Å². The van der Waals surface area contributed by atoms with Crippen LogP contribution in [0.15, 0.2) is 36.4 Å². The minimum atomic E-state index is -3.61. The van der Waals surface area contributed by atoms with Gasteiger partial charge in [-0.1, -0.05) is 95.4 Å². The second kappa shape index (κ2) is 12.0. The predicted octanol–water partition coefficient (Wildman–Crippen LogP) is 9.34. The Kier molecular flexibility index (Phi) is 9.34. The predicted molar refractivity (Wildman–Crippen MR) is 123 cm³/mol. The van der Waals surface area contributed by atoms with Gasteiger partial charge in [0, 0.05) is 11.1 Å². The summed E-state index contributed by atoms with van der Waals surface area (Å²) in [7, 11) is 0. The summed E-state index contributed by atoms with van der Waals surface area (Å²) in [4.78, 5) is 0. The van der Waals surface area contributed by atoms with Crippen LogP contribution in [-0.2, 0) is 12.3 Å². The smallest absolute Gasteiger partial charge is 0.204 e. The number of benzene rings is 2. The average molecular weight is 467 g/mol. The molecule has 0 spiro atoms. The van der Waals surface area contributed by atoms with Gasteiger partial charge in [0.15, 0.2) is 17.5 Å². The standard InChI is InChI=1S/C28H35F5/c1-2-3-4-5-6-7-20-8-10-21(11-9-20)12-13-22-14-16-23(17-15-22)28(32,33)24-18-25(29)27(31)26(30)19-24/h14-21H,2-13H2,1H3. The highest BCUT2D eigenvalue weighted by molar-refractivity contribution is 5.36. The lowest BCUT2D eigenvalue weighted by molar-refractivity contribution is 0.0419. The number of aryl methyl sites for hydroxylation is 1. The first-order valence-corrected chi connectivity index (χ1v) is 12.4. The molecule has 0 saturated heterocycles. The first-order valence-electron chi connectivity index (χ1n) is 12.4.